The number of hydrogen-bond acceptors (Lipinski definition) is 5. The number of halogens is 1. The average Bonchev–Trinajstić information content (AvgIpc) is 2.89. The van der Waals surface area contributed by atoms with Crippen LogP contribution in [0.15, 0.2) is 39.9 Å². The van der Waals surface area contributed by atoms with Crippen molar-refractivity contribution in [2.75, 3.05) is 19.3 Å². The zero-order chi connectivity index (χ0) is 18.1. The summed E-state index contributed by atoms with van der Waals surface area (Å²) >= 11 is 3.38. The highest BCUT2D eigenvalue weighted by molar-refractivity contribution is 9.10. The standard InChI is InChI=1S/C16H17BrN6O2/c1-3-21(2)15(24)23-12-13(18)19-9-20-14(12)22(16(23)25)8-10-4-6-11(17)7-5-10/h4-7,9H,3,8H2,1-2H3,(H2,18,19,20). The van der Waals surface area contributed by atoms with E-state index in [2.05, 4.69) is 25.9 Å². The lowest BCUT2D eigenvalue weighted by Gasteiger charge is -2.14. The molecule has 3 aromatic rings. The number of anilines is 1. The van der Waals surface area contributed by atoms with Gasteiger partial charge in [-0.05, 0) is 24.6 Å². The Morgan fingerprint density at radius 2 is 1.96 bits per heavy atom. The molecule has 130 valence electrons. The molecule has 0 fully saturated rings. The molecule has 25 heavy (non-hydrogen) atoms. The van der Waals surface area contributed by atoms with E-state index in [-0.39, 0.29) is 17.9 Å². The zero-order valence-electron chi connectivity index (χ0n) is 13.8. The smallest absolute Gasteiger partial charge is 0.339 e. The molecule has 9 heteroatoms. The van der Waals surface area contributed by atoms with Crippen molar-refractivity contribution in [3.63, 3.8) is 0 Å². The Morgan fingerprint density at radius 3 is 2.60 bits per heavy atom. The van der Waals surface area contributed by atoms with Crippen molar-refractivity contribution in [3.8, 4) is 0 Å². The highest BCUT2D eigenvalue weighted by atomic mass is 79.9. The number of nitrogen functional groups attached to an aromatic ring is 1. The molecule has 0 aliphatic rings. The first kappa shape index (κ1) is 17.2. The summed E-state index contributed by atoms with van der Waals surface area (Å²) in [5, 5.41) is 0. The van der Waals surface area contributed by atoms with Gasteiger partial charge >= 0.3 is 11.7 Å². The lowest BCUT2D eigenvalue weighted by molar-refractivity contribution is 0.212. The van der Waals surface area contributed by atoms with Gasteiger partial charge in [0, 0.05) is 18.1 Å². The number of carbonyl (C=O) groups is 1. The summed E-state index contributed by atoms with van der Waals surface area (Å²) < 4.78 is 3.41. The van der Waals surface area contributed by atoms with Gasteiger partial charge in [0.15, 0.2) is 11.5 Å². The summed E-state index contributed by atoms with van der Waals surface area (Å²) in [5.41, 5.74) is 6.90. The second-order valence-electron chi connectivity index (χ2n) is 5.56. The molecular weight excluding hydrogens is 388 g/mol. The Hall–Kier alpha value is -2.68. The first-order valence-electron chi connectivity index (χ1n) is 7.65. The zero-order valence-corrected chi connectivity index (χ0v) is 15.4. The number of hydrogen-bond donors (Lipinski definition) is 1. The van der Waals surface area contributed by atoms with Gasteiger partial charge < -0.3 is 10.6 Å². The van der Waals surface area contributed by atoms with Crippen molar-refractivity contribution in [2.24, 2.45) is 0 Å². The molecule has 0 aliphatic carbocycles. The van der Waals surface area contributed by atoms with Gasteiger partial charge in [-0.2, -0.15) is 0 Å². The molecule has 0 spiro atoms. The molecule has 0 atom stereocenters. The molecule has 1 amide bonds. The van der Waals surface area contributed by atoms with Gasteiger partial charge in [0.1, 0.15) is 11.8 Å². The van der Waals surface area contributed by atoms with Gasteiger partial charge in [-0.15, -0.1) is 0 Å². The highest BCUT2D eigenvalue weighted by Gasteiger charge is 2.23. The number of nitrogens with two attached hydrogens (primary N) is 1. The number of nitrogens with zero attached hydrogens (tertiary/aromatic N) is 5. The van der Waals surface area contributed by atoms with Crippen LogP contribution in [0.25, 0.3) is 11.2 Å². The number of fused-ring (bicyclic) bond motifs is 1. The van der Waals surface area contributed by atoms with Crippen molar-refractivity contribution < 1.29 is 4.79 Å². The summed E-state index contributed by atoms with van der Waals surface area (Å²) in [6.07, 6.45) is 1.29. The quantitative estimate of drug-likeness (QED) is 0.718. The monoisotopic (exact) mass is 404 g/mol. The van der Waals surface area contributed by atoms with Crippen molar-refractivity contribution in [1.82, 2.24) is 24.0 Å². The molecule has 0 radical (unpaired) electrons. The minimum Gasteiger partial charge on any atom is -0.382 e. The van der Waals surface area contributed by atoms with Crippen molar-refractivity contribution >= 4 is 38.9 Å². The van der Waals surface area contributed by atoms with Crippen LogP contribution in [0, 0.1) is 0 Å². The minimum atomic E-state index is -0.490. The van der Waals surface area contributed by atoms with Gasteiger partial charge in [0.25, 0.3) is 0 Å². The lowest BCUT2D eigenvalue weighted by atomic mass is 10.2. The van der Waals surface area contributed by atoms with Crippen LogP contribution in [0.3, 0.4) is 0 Å². The molecule has 0 bridgehead atoms. The van der Waals surface area contributed by atoms with E-state index in [1.807, 2.05) is 31.2 Å². The fourth-order valence-electron chi connectivity index (χ4n) is 2.50. The molecule has 0 saturated heterocycles. The van der Waals surface area contributed by atoms with E-state index in [4.69, 9.17) is 5.73 Å². The van der Waals surface area contributed by atoms with Crippen LogP contribution >= 0.6 is 15.9 Å². The van der Waals surface area contributed by atoms with Gasteiger partial charge in [-0.3, -0.25) is 4.57 Å². The fraction of sp³-hybridized carbons (Fsp3) is 0.250. The van der Waals surface area contributed by atoms with E-state index >= 15 is 0 Å². The van der Waals surface area contributed by atoms with Crippen molar-refractivity contribution in [3.05, 3.63) is 51.1 Å². The number of rotatable bonds is 3. The van der Waals surface area contributed by atoms with E-state index in [1.54, 1.807) is 7.05 Å². The highest BCUT2D eigenvalue weighted by Crippen LogP contribution is 2.18. The maximum Gasteiger partial charge on any atom is 0.339 e. The fourth-order valence-corrected chi connectivity index (χ4v) is 2.76. The second-order valence-corrected chi connectivity index (χ2v) is 6.47. The largest absolute Gasteiger partial charge is 0.382 e. The van der Waals surface area contributed by atoms with E-state index < -0.39 is 11.7 Å². The summed E-state index contributed by atoms with van der Waals surface area (Å²) in [4.78, 5) is 35.1. The third-order valence-electron chi connectivity index (χ3n) is 3.98. The van der Waals surface area contributed by atoms with Crippen LogP contribution in [-0.4, -0.2) is 43.6 Å². The van der Waals surface area contributed by atoms with E-state index in [1.165, 1.54) is 15.8 Å². The predicted octanol–water partition coefficient (Wildman–Crippen LogP) is 1.91. The maximum atomic E-state index is 12.9. The summed E-state index contributed by atoms with van der Waals surface area (Å²) in [6, 6.07) is 7.10. The normalized spacial score (nSPS) is 11.0. The van der Waals surface area contributed by atoms with Gasteiger partial charge in [0.2, 0.25) is 0 Å². The minimum absolute atomic E-state index is 0.0921. The Morgan fingerprint density at radius 1 is 1.28 bits per heavy atom. The third kappa shape index (κ3) is 3.02. The Balaban J connectivity index is 2.21. The van der Waals surface area contributed by atoms with Crippen LogP contribution in [0.1, 0.15) is 12.5 Å². The van der Waals surface area contributed by atoms with Gasteiger partial charge in [0.05, 0.1) is 6.54 Å². The number of benzene rings is 1. The molecular formula is C16H17BrN6O2. The van der Waals surface area contributed by atoms with E-state index in [9.17, 15) is 9.59 Å². The topological polar surface area (TPSA) is 99.0 Å². The first-order valence-corrected chi connectivity index (χ1v) is 8.45. The number of amides is 1. The molecule has 3 rings (SSSR count). The van der Waals surface area contributed by atoms with E-state index in [0.29, 0.717) is 12.2 Å². The summed E-state index contributed by atoms with van der Waals surface area (Å²) in [7, 11) is 1.62. The van der Waals surface area contributed by atoms with Crippen molar-refractivity contribution in [1.29, 1.82) is 0 Å². The second kappa shape index (κ2) is 6.67. The van der Waals surface area contributed by atoms with Gasteiger partial charge in [-0.25, -0.2) is 24.1 Å². The molecule has 1 aromatic carbocycles. The maximum absolute atomic E-state index is 12.9. The number of carbonyl (C=O) groups excluding carboxylic acids is 1. The van der Waals surface area contributed by atoms with Crippen molar-refractivity contribution in [2.45, 2.75) is 13.5 Å². The Kier molecular flexibility index (Phi) is 4.58. The lowest BCUT2D eigenvalue weighted by Crippen LogP contribution is -2.38. The summed E-state index contributed by atoms with van der Waals surface area (Å²) in [6.45, 7) is 2.55. The predicted molar refractivity (Wildman–Crippen MR) is 98.5 cm³/mol. The van der Waals surface area contributed by atoms with Crippen LogP contribution in [0.4, 0.5) is 10.6 Å². The number of imidazole rings is 1. The molecule has 8 nitrogen and oxygen atoms in total. The third-order valence-corrected chi connectivity index (χ3v) is 4.51. The molecule has 2 N–H and O–H groups in total. The first-order chi connectivity index (χ1) is 11.9. The van der Waals surface area contributed by atoms with Crippen LogP contribution in [-0.2, 0) is 6.54 Å². The summed E-state index contributed by atoms with van der Waals surface area (Å²) in [5.74, 6) is 0.0921. The average molecular weight is 405 g/mol. The Bertz CT molecular complexity index is 992. The molecule has 0 saturated carbocycles. The van der Waals surface area contributed by atoms with Crippen LogP contribution < -0.4 is 11.4 Å². The molecule has 2 aromatic heterocycles. The Labute approximate surface area is 152 Å². The molecule has 0 unspecified atom stereocenters. The SMILES string of the molecule is CCN(C)C(=O)n1c(=O)n(Cc2ccc(Br)cc2)c2ncnc(N)c21. The van der Waals surface area contributed by atoms with E-state index in [0.717, 1.165) is 14.6 Å². The van der Waals surface area contributed by atoms with Gasteiger partial charge in [-0.1, -0.05) is 28.1 Å². The number of aromatic nitrogens is 4. The van der Waals surface area contributed by atoms with Crippen LogP contribution in [0.5, 0.6) is 0 Å². The molecule has 0 aliphatic heterocycles. The van der Waals surface area contributed by atoms with Crippen LogP contribution in [0.2, 0.25) is 0 Å². The molecule has 2 heterocycles.